The quantitative estimate of drug-likeness (QED) is 0.756. The van der Waals surface area contributed by atoms with Gasteiger partial charge in [0.25, 0.3) is 0 Å². The van der Waals surface area contributed by atoms with Gasteiger partial charge in [-0.25, -0.2) is 0 Å². The van der Waals surface area contributed by atoms with E-state index in [2.05, 4.69) is 29.2 Å². The minimum absolute atomic E-state index is 0.871. The fourth-order valence-electron chi connectivity index (χ4n) is 2.23. The van der Waals surface area contributed by atoms with Crippen LogP contribution in [0.5, 0.6) is 11.5 Å². The molecule has 0 spiro atoms. The van der Waals surface area contributed by atoms with Crippen molar-refractivity contribution in [3.63, 3.8) is 0 Å². The zero-order valence-electron chi connectivity index (χ0n) is 10.8. The molecule has 0 N–H and O–H groups in total. The molecule has 0 saturated carbocycles. The summed E-state index contributed by atoms with van der Waals surface area (Å²) in [6, 6.07) is 18.2. The monoisotopic (exact) mass is 251 g/mol. The second kappa shape index (κ2) is 5.61. The first-order valence-electron chi connectivity index (χ1n) is 6.65. The van der Waals surface area contributed by atoms with Crippen molar-refractivity contribution >= 4 is 5.69 Å². The van der Waals surface area contributed by atoms with E-state index in [0.717, 1.165) is 31.0 Å². The number of rotatable bonds is 3. The van der Waals surface area contributed by atoms with Gasteiger partial charge in [0.15, 0.2) is 0 Å². The summed E-state index contributed by atoms with van der Waals surface area (Å²) in [7, 11) is 0. The third-order valence-corrected chi connectivity index (χ3v) is 3.24. The topological polar surface area (TPSA) is 12.5 Å². The van der Waals surface area contributed by atoms with Gasteiger partial charge < -0.3 is 9.64 Å². The molecule has 0 amide bonds. The van der Waals surface area contributed by atoms with Gasteiger partial charge in [-0.3, -0.25) is 0 Å². The van der Waals surface area contributed by atoms with E-state index >= 15 is 0 Å². The predicted molar refractivity (Wildman–Crippen MR) is 78.9 cm³/mol. The molecule has 3 rings (SSSR count). The van der Waals surface area contributed by atoms with E-state index in [1.54, 1.807) is 0 Å². The highest BCUT2D eigenvalue weighted by Gasteiger charge is 2.07. The van der Waals surface area contributed by atoms with Gasteiger partial charge in [0.1, 0.15) is 11.5 Å². The second-order valence-electron chi connectivity index (χ2n) is 4.62. The summed E-state index contributed by atoms with van der Waals surface area (Å²) in [4.78, 5) is 2.37. The van der Waals surface area contributed by atoms with Gasteiger partial charge >= 0.3 is 0 Å². The second-order valence-corrected chi connectivity index (χ2v) is 4.62. The largest absolute Gasteiger partial charge is 0.457 e. The Labute approximate surface area is 113 Å². The van der Waals surface area contributed by atoms with E-state index in [1.807, 2.05) is 42.5 Å². The van der Waals surface area contributed by atoms with Crippen LogP contribution in [-0.4, -0.2) is 13.1 Å². The number of ether oxygens (including phenoxy) is 1. The fraction of sp³-hybridized carbons (Fsp3) is 0.176. The molecule has 96 valence electrons. The third-order valence-electron chi connectivity index (χ3n) is 3.24. The Morgan fingerprint density at radius 2 is 1.53 bits per heavy atom. The van der Waals surface area contributed by atoms with E-state index in [1.165, 1.54) is 5.69 Å². The number of para-hydroxylation sites is 1. The molecule has 2 nitrogen and oxygen atoms in total. The maximum absolute atomic E-state index is 5.79. The van der Waals surface area contributed by atoms with E-state index in [0.29, 0.717) is 0 Å². The zero-order chi connectivity index (χ0) is 12.9. The molecule has 0 aromatic heterocycles. The molecule has 0 unspecified atom stereocenters. The summed E-state index contributed by atoms with van der Waals surface area (Å²) < 4.78 is 5.79. The van der Waals surface area contributed by atoms with Crippen molar-refractivity contribution in [3.05, 3.63) is 66.7 Å². The first kappa shape index (κ1) is 11.8. The molecule has 1 aliphatic rings. The Hall–Kier alpha value is -2.22. The Balaban J connectivity index is 1.70. The smallest absolute Gasteiger partial charge is 0.127 e. The molecule has 0 saturated heterocycles. The molecule has 0 radical (unpaired) electrons. The van der Waals surface area contributed by atoms with Crippen LogP contribution in [0, 0.1) is 0 Å². The highest BCUT2D eigenvalue weighted by atomic mass is 16.5. The Morgan fingerprint density at radius 1 is 0.789 bits per heavy atom. The van der Waals surface area contributed by atoms with Crippen LogP contribution in [0.4, 0.5) is 5.69 Å². The zero-order valence-corrected chi connectivity index (χ0v) is 10.8. The van der Waals surface area contributed by atoms with Gasteiger partial charge in [0, 0.05) is 18.8 Å². The van der Waals surface area contributed by atoms with E-state index in [-0.39, 0.29) is 0 Å². The summed E-state index contributed by atoms with van der Waals surface area (Å²) in [5.41, 5.74) is 1.25. The highest BCUT2D eigenvalue weighted by Crippen LogP contribution is 2.24. The molecular weight excluding hydrogens is 234 g/mol. The minimum atomic E-state index is 0.871. The van der Waals surface area contributed by atoms with Crippen LogP contribution >= 0.6 is 0 Å². The average Bonchev–Trinajstić information content (AvgIpc) is 2.50. The molecule has 1 aliphatic heterocycles. The summed E-state index contributed by atoms with van der Waals surface area (Å²) >= 11 is 0. The molecule has 0 atom stereocenters. The number of hydrogen-bond acceptors (Lipinski definition) is 2. The molecule has 1 heterocycles. The van der Waals surface area contributed by atoms with Gasteiger partial charge in [0.2, 0.25) is 0 Å². The number of anilines is 1. The lowest BCUT2D eigenvalue weighted by Crippen LogP contribution is -2.26. The Kier molecular flexibility index (Phi) is 3.50. The predicted octanol–water partition coefficient (Wildman–Crippen LogP) is 4.25. The highest BCUT2D eigenvalue weighted by molar-refractivity contribution is 5.50. The van der Waals surface area contributed by atoms with Crippen molar-refractivity contribution in [2.24, 2.45) is 0 Å². The van der Waals surface area contributed by atoms with Crippen LogP contribution in [0.3, 0.4) is 0 Å². The molecule has 0 aliphatic carbocycles. The summed E-state index contributed by atoms with van der Waals surface area (Å²) in [6.07, 6.45) is 5.59. The molecule has 2 aromatic rings. The van der Waals surface area contributed by atoms with E-state index in [9.17, 15) is 0 Å². The van der Waals surface area contributed by atoms with Crippen LogP contribution in [0.2, 0.25) is 0 Å². The van der Waals surface area contributed by atoms with Crippen LogP contribution in [0.1, 0.15) is 6.42 Å². The fourth-order valence-corrected chi connectivity index (χ4v) is 2.23. The molecule has 0 bridgehead atoms. The lowest BCUT2D eigenvalue weighted by atomic mass is 10.2. The normalized spacial score (nSPS) is 14.4. The van der Waals surface area contributed by atoms with E-state index in [4.69, 9.17) is 4.74 Å². The lowest BCUT2D eigenvalue weighted by Gasteiger charge is -2.25. The van der Waals surface area contributed by atoms with Crippen LogP contribution in [0.15, 0.2) is 66.7 Å². The van der Waals surface area contributed by atoms with Crippen molar-refractivity contribution in [1.82, 2.24) is 0 Å². The summed E-state index contributed by atoms with van der Waals surface area (Å²) in [6.45, 7) is 2.09. The summed E-state index contributed by atoms with van der Waals surface area (Å²) in [5.74, 6) is 1.75. The molecular formula is C17H17NO. The van der Waals surface area contributed by atoms with Gasteiger partial charge in [-0.1, -0.05) is 30.4 Å². The van der Waals surface area contributed by atoms with Gasteiger partial charge in [-0.05, 0) is 42.8 Å². The Morgan fingerprint density at radius 3 is 2.21 bits per heavy atom. The number of benzene rings is 2. The first-order valence-corrected chi connectivity index (χ1v) is 6.65. The van der Waals surface area contributed by atoms with Crippen molar-refractivity contribution in [2.75, 3.05) is 18.0 Å². The lowest BCUT2D eigenvalue weighted by molar-refractivity contribution is 0.482. The van der Waals surface area contributed by atoms with Gasteiger partial charge in [0.05, 0.1) is 0 Å². The van der Waals surface area contributed by atoms with Gasteiger partial charge in [-0.15, -0.1) is 0 Å². The van der Waals surface area contributed by atoms with Crippen LogP contribution < -0.4 is 9.64 Å². The number of nitrogens with zero attached hydrogens (tertiary/aromatic N) is 1. The van der Waals surface area contributed by atoms with Crippen LogP contribution in [0.25, 0.3) is 0 Å². The van der Waals surface area contributed by atoms with Gasteiger partial charge in [-0.2, -0.15) is 0 Å². The molecule has 2 aromatic carbocycles. The molecule has 2 heteroatoms. The maximum Gasteiger partial charge on any atom is 0.127 e. The van der Waals surface area contributed by atoms with Crippen molar-refractivity contribution in [3.8, 4) is 11.5 Å². The Bertz CT molecular complexity index is 545. The first-order chi connectivity index (χ1) is 9.42. The average molecular weight is 251 g/mol. The molecule has 0 fully saturated rings. The standard InChI is InChI=1S/C17H17NO/c1-3-7-16(8-4-1)19-17-11-9-15(10-12-17)18-13-5-2-6-14-18/h1-5,7-12H,6,13-14H2. The maximum atomic E-state index is 5.79. The third kappa shape index (κ3) is 2.97. The minimum Gasteiger partial charge on any atom is -0.457 e. The van der Waals surface area contributed by atoms with Crippen molar-refractivity contribution < 1.29 is 4.74 Å². The number of hydrogen-bond donors (Lipinski definition) is 0. The SMILES string of the molecule is C1=CCN(c2ccc(Oc3ccccc3)cc2)CC1. The summed E-state index contributed by atoms with van der Waals surface area (Å²) in [5, 5.41) is 0. The molecule has 19 heavy (non-hydrogen) atoms. The van der Waals surface area contributed by atoms with E-state index < -0.39 is 0 Å². The van der Waals surface area contributed by atoms with Crippen LogP contribution in [-0.2, 0) is 0 Å². The van der Waals surface area contributed by atoms with Crippen molar-refractivity contribution in [2.45, 2.75) is 6.42 Å². The van der Waals surface area contributed by atoms with Crippen molar-refractivity contribution in [1.29, 1.82) is 0 Å².